The SMILES string of the molecule is CC(C)CCNC(=O)[C@H](c1ccc(F)cc1)N(Cc1cccs1)C(=O)Cn1nnc2ccccc21. The van der Waals surface area contributed by atoms with Crippen LogP contribution in [0.3, 0.4) is 0 Å². The number of benzene rings is 2. The number of nitrogens with one attached hydrogen (secondary N) is 1. The van der Waals surface area contributed by atoms with Crippen molar-refractivity contribution in [1.29, 1.82) is 0 Å². The van der Waals surface area contributed by atoms with Crippen molar-refractivity contribution >= 4 is 34.2 Å². The molecule has 182 valence electrons. The number of thiophene rings is 1. The second-order valence-electron chi connectivity index (χ2n) is 8.76. The van der Waals surface area contributed by atoms with Gasteiger partial charge in [0.05, 0.1) is 12.1 Å². The summed E-state index contributed by atoms with van der Waals surface area (Å²) in [6.45, 7) is 4.81. The van der Waals surface area contributed by atoms with Gasteiger partial charge in [-0.15, -0.1) is 16.4 Å². The highest BCUT2D eigenvalue weighted by molar-refractivity contribution is 7.09. The summed E-state index contributed by atoms with van der Waals surface area (Å²) in [6.07, 6.45) is 0.811. The van der Waals surface area contributed by atoms with Crippen molar-refractivity contribution in [3.63, 3.8) is 0 Å². The molecule has 2 aromatic carbocycles. The molecule has 4 aromatic rings. The second-order valence-corrected chi connectivity index (χ2v) is 9.80. The molecule has 0 aliphatic rings. The smallest absolute Gasteiger partial charge is 0.247 e. The number of carbonyl (C=O) groups is 2. The van der Waals surface area contributed by atoms with Crippen LogP contribution in [0.1, 0.15) is 36.8 Å². The van der Waals surface area contributed by atoms with Gasteiger partial charge in [-0.1, -0.05) is 49.4 Å². The zero-order chi connectivity index (χ0) is 24.8. The largest absolute Gasteiger partial charge is 0.354 e. The third kappa shape index (κ3) is 6.10. The summed E-state index contributed by atoms with van der Waals surface area (Å²) in [5, 5.41) is 13.2. The van der Waals surface area contributed by atoms with Crippen molar-refractivity contribution in [2.24, 2.45) is 5.92 Å². The van der Waals surface area contributed by atoms with Crippen molar-refractivity contribution < 1.29 is 14.0 Å². The number of amides is 2. The van der Waals surface area contributed by atoms with E-state index in [0.29, 0.717) is 23.5 Å². The van der Waals surface area contributed by atoms with Gasteiger partial charge in [-0.05, 0) is 53.6 Å². The average Bonchev–Trinajstić information content (AvgIpc) is 3.50. The normalized spacial score (nSPS) is 12.1. The second kappa shape index (κ2) is 11.2. The van der Waals surface area contributed by atoms with E-state index in [2.05, 4.69) is 29.5 Å². The zero-order valence-electron chi connectivity index (χ0n) is 19.7. The number of carbonyl (C=O) groups excluding carboxylic acids is 2. The Hall–Kier alpha value is -3.59. The first kappa shape index (κ1) is 24.5. The van der Waals surface area contributed by atoms with Crippen LogP contribution in [0, 0.1) is 11.7 Å². The molecule has 4 rings (SSSR count). The van der Waals surface area contributed by atoms with E-state index in [0.717, 1.165) is 16.8 Å². The van der Waals surface area contributed by atoms with E-state index < -0.39 is 11.9 Å². The maximum Gasteiger partial charge on any atom is 0.247 e. The molecule has 2 aromatic heterocycles. The monoisotopic (exact) mass is 493 g/mol. The molecule has 2 amide bonds. The Kier molecular flexibility index (Phi) is 7.87. The van der Waals surface area contributed by atoms with E-state index in [1.165, 1.54) is 28.2 Å². The minimum Gasteiger partial charge on any atom is -0.354 e. The van der Waals surface area contributed by atoms with Crippen LogP contribution in [0.2, 0.25) is 0 Å². The molecule has 0 spiro atoms. The molecule has 0 fully saturated rings. The van der Waals surface area contributed by atoms with Gasteiger partial charge >= 0.3 is 0 Å². The van der Waals surface area contributed by atoms with Gasteiger partial charge in [0, 0.05) is 11.4 Å². The molecule has 0 saturated carbocycles. The number of rotatable bonds is 10. The number of hydrogen-bond acceptors (Lipinski definition) is 5. The lowest BCUT2D eigenvalue weighted by Crippen LogP contribution is -2.44. The lowest BCUT2D eigenvalue weighted by molar-refractivity contribution is -0.142. The van der Waals surface area contributed by atoms with Gasteiger partial charge in [0.15, 0.2) is 0 Å². The molecule has 0 saturated heterocycles. The summed E-state index contributed by atoms with van der Waals surface area (Å²) in [5.74, 6) is -0.574. The Morgan fingerprint density at radius 1 is 1.09 bits per heavy atom. The topological polar surface area (TPSA) is 80.1 Å². The summed E-state index contributed by atoms with van der Waals surface area (Å²) < 4.78 is 15.2. The van der Waals surface area contributed by atoms with E-state index >= 15 is 0 Å². The molecular formula is C26H28FN5O2S. The summed E-state index contributed by atoms with van der Waals surface area (Å²) >= 11 is 1.51. The summed E-state index contributed by atoms with van der Waals surface area (Å²) in [7, 11) is 0. The maximum atomic E-state index is 13.7. The highest BCUT2D eigenvalue weighted by atomic mass is 32.1. The quantitative estimate of drug-likeness (QED) is 0.351. The van der Waals surface area contributed by atoms with E-state index in [1.54, 1.807) is 17.0 Å². The van der Waals surface area contributed by atoms with Crippen molar-refractivity contribution in [3.05, 3.63) is 82.3 Å². The van der Waals surface area contributed by atoms with E-state index in [1.807, 2.05) is 41.8 Å². The van der Waals surface area contributed by atoms with Crippen LogP contribution >= 0.6 is 11.3 Å². The first-order valence-corrected chi connectivity index (χ1v) is 12.4. The van der Waals surface area contributed by atoms with Crippen molar-refractivity contribution in [1.82, 2.24) is 25.2 Å². The molecule has 1 atom stereocenters. The first-order chi connectivity index (χ1) is 16.9. The van der Waals surface area contributed by atoms with Crippen LogP contribution in [-0.2, 0) is 22.7 Å². The van der Waals surface area contributed by atoms with Crippen LogP contribution in [-0.4, -0.2) is 38.3 Å². The maximum absolute atomic E-state index is 13.7. The molecule has 0 radical (unpaired) electrons. The van der Waals surface area contributed by atoms with Gasteiger partial charge in [-0.2, -0.15) is 0 Å². The fraction of sp³-hybridized carbons (Fsp3) is 0.308. The predicted octanol–water partition coefficient (Wildman–Crippen LogP) is 4.56. The van der Waals surface area contributed by atoms with Crippen molar-refractivity contribution in [3.8, 4) is 0 Å². The standard InChI is InChI=1S/C26H28FN5O2S/c1-18(2)13-14-28-26(34)25(19-9-11-20(27)12-10-19)31(16-21-6-5-15-35-21)24(33)17-32-23-8-4-3-7-22(23)29-30-32/h3-12,15,18,25H,13-14,16-17H2,1-2H3,(H,28,34)/t25-/m0/s1. The van der Waals surface area contributed by atoms with Gasteiger partial charge < -0.3 is 10.2 Å². The molecule has 35 heavy (non-hydrogen) atoms. The van der Waals surface area contributed by atoms with Crippen LogP contribution in [0.5, 0.6) is 0 Å². The van der Waals surface area contributed by atoms with Crippen LogP contribution in [0.4, 0.5) is 4.39 Å². The number of hydrogen-bond donors (Lipinski definition) is 1. The van der Waals surface area contributed by atoms with Gasteiger partial charge in [-0.25, -0.2) is 9.07 Å². The van der Waals surface area contributed by atoms with Crippen LogP contribution in [0.25, 0.3) is 11.0 Å². The fourth-order valence-electron chi connectivity index (χ4n) is 3.85. The predicted molar refractivity (Wildman–Crippen MR) is 134 cm³/mol. The van der Waals surface area contributed by atoms with Crippen LogP contribution < -0.4 is 5.32 Å². The highest BCUT2D eigenvalue weighted by Gasteiger charge is 2.32. The third-order valence-electron chi connectivity index (χ3n) is 5.70. The zero-order valence-corrected chi connectivity index (χ0v) is 20.5. The Morgan fingerprint density at radius 2 is 1.86 bits per heavy atom. The Bertz CT molecular complexity index is 1270. The number of nitrogens with zero attached hydrogens (tertiary/aromatic N) is 4. The summed E-state index contributed by atoms with van der Waals surface area (Å²) in [6, 6.07) is 16.0. The van der Waals surface area contributed by atoms with Gasteiger partial charge in [-0.3, -0.25) is 9.59 Å². The molecule has 0 aliphatic heterocycles. The van der Waals surface area contributed by atoms with E-state index in [4.69, 9.17) is 0 Å². The van der Waals surface area contributed by atoms with Crippen molar-refractivity contribution in [2.45, 2.75) is 39.4 Å². The third-order valence-corrected chi connectivity index (χ3v) is 6.56. The number of halogens is 1. The van der Waals surface area contributed by atoms with E-state index in [-0.39, 0.29) is 24.9 Å². The number of fused-ring (bicyclic) bond motifs is 1. The molecular weight excluding hydrogens is 465 g/mol. The average molecular weight is 494 g/mol. The summed E-state index contributed by atoms with van der Waals surface area (Å²) in [4.78, 5) is 29.7. The molecule has 0 unspecified atom stereocenters. The van der Waals surface area contributed by atoms with Gasteiger partial charge in [0.2, 0.25) is 11.8 Å². The molecule has 1 N–H and O–H groups in total. The molecule has 2 heterocycles. The van der Waals surface area contributed by atoms with Crippen molar-refractivity contribution in [2.75, 3.05) is 6.54 Å². The van der Waals surface area contributed by atoms with E-state index in [9.17, 15) is 14.0 Å². The Balaban J connectivity index is 1.68. The Morgan fingerprint density at radius 3 is 2.57 bits per heavy atom. The minimum absolute atomic E-state index is 0.0805. The first-order valence-electron chi connectivity index (χ1n) is 11.6. The number of aromatic nitrogens is 3. The lowest BCUT2D eigenvalue weighted by atomic mass is 10.0. The fourth-order valence-corrected chi connectivity index (χ4v) is 4.55. The summed E-state index contributed by atoms with van der Waals surface area (Å²) in [5.41, 5.74) is 1.96. The lowest BCUT2D eigenvalue weighted by Gasteiger charge is -2.31. The van der Waals surface area contributed by atoms with Gasteiger partial charge in [0.1, 0.15) is 23.9 Å². The minimum atomic E-state index is -0.924. The molecule has 9 heteroatoms. The molecule has 0 bridgehead atoms. The van der Waals surface area contributed by atoms with Gasteiger partial charge in [0.25, 0.3) is 0 Å². The molecule has 0 aliphatic carbocycles. The molecule has 7 nitrogen and oxygen atoms in total. The van der Waals surface area contributed by atoms with Crippen LogP contribution in [0.15, 0.2) is 66.0 Å². The number of para-hydroxylation sites is 1. The Labute approximate surface area is 207 Å². The highest BCUT2D eigenvalue weighted by Crippen LogP contribution is 2.26.